The summed E-state index contributed by atoms with van der Waals surface area (Å²) in [5.41, 5.74) is 0. The van der Waals surface area contributed by atoms with Gasteiger partial charge < -0.3 is 15.0 Å². The molecule has 82 valence electrons. The number of hydrogen-bond donors (Lipinski definition) is 2. The van der Waals surface area contributed by atoms with Crippen molar-refractivity contribution in [3.63, 3.8) is 0 Å². The van der Waals surface area contributed by atoms with Gasteiger partial charge in [-0.25, -0.2) is 4.98 Å². The molecule has 0 radical (unpaired) electrons. The Morgan fingerprint density at radius 1 is 1.73 bits per heavy atom. The number of carbonyl (C=O) groups is 1. The van der Waals surface area contributed by atoms with Crippen molar-refractivity contribution < 1.29 is 9.90 Å². The van der Waals surface area contributed by atoms with E-state index in [1.54, 1.807) is 6.20 Å². The molecular weight excluding hydrogens is 194 g/mol. The van der Waals surface area contributed by atoms with Crippen molar-refractivity contribution in [1.29, 1.82) is 0 Å². The molecule has 1 saturated heterocycles. The Balaban J connectivity index is 2.26. The lowest BCUT2D eigenvalue weighted by Gasteiger charge is -2.15. The average molecular weight is 209 g/mol. The number of rotatable bonds is 3. The maximum atomic E-state index is 11.0. The maximum absolute atomic E-state index is 11.0. The number of aliphatic carboxylic acids is 1. The number of hydrogen-bond acceptors (Lipinski definition) is 3. The Bertz CT molecular complexity index is 361. The van der Waals surface area contributed by atoms with Crippen molar-refractivity contribution in [2.24, 2.45) is 5.92 Å². The minimum absolute atomic E-state index is 0.00236. The third-order valence-corrected chi connectivity index (χ3v) is 2.95. The predicted molar refractivity (Wildman–Crippen MR) is 54.6 cm³/mol. The van der Waals surface area contributed by atoms with Crippen LogP contribution in [0, 0.1) is 5.92 Å². The van der Waals surface area contributed by atoms with E-state index >= 15 is 0 Å². The Kier molecular flexibility index (Phi) is 2.73. The Morgan fingerprint density at radius 2 is 2.53 bits per heavy atom. The van der Waals surface area contributed by atoms with Gasteiger partial charge in [0.25, 0.3) is 0 Å². The van der Waals surface area contributed by atoms with Crippen molar-refractivity contribution in [3.05, 3.63) is 18.2 Å². The predicted octanol–water partition coefficient (Wildman–Crippen LogP) is 0.291. The van der Waals surface area contributed by atoms with Crippen LogP contribution in [0.25, 0.3) is 0 Å². The van der Waals surface area contributed by atoms with Gasteiger partial charge in [0.1, 0.15) is 5.82 Å². The average Bonchev–Trinajstić information content (AvgIpc) is 2.85. The third-order valence-electron chi connectivity index (χ3n) is 2.95. The highest BCUT2D eigenvalue weighted by Gasteiger charge is 2.36. The van der Waals surface area contributed by atoms with Crippen molar-refractivity contribution in [3.8, 4) is 0 Å². The van der Waals surface area contributed by atoms with Gasteiger partial charge in [-0.2, -0.15) is 0 Å². The minimum atomic E-state index is -0.740. The molecule has 0 aliphatic carbocycles. The molecule has 15 heavy (non-hydrogen) atoms. The highest BCUT2D eigenvalue weighted by Crippen LogP contribution is 2.27. The Labute approximate surface area is 88.1 Å². The van der Waals surface area contributed by atoms with Gasteiger partial charge in [-0.1, -0.05) is 0 Å². The molecule has 5 heteroatoms. The number of nitrogens with zero attached hydrogens (tertiary/aromatic N) is 2. The fourth-order valence-corrected chi connectivity index (χ4v) is 2.13. The first-order valence-corrected chi connectivity index (χ1v) is 5.18. The largest absolute Gasteiger partial charge is 0.481 e. The second-order valence-electron chi connectivity index (χ2n) is 3.78. The van der Waals surface area contributed by atoms with Crippen molar-refractivity contribution >= 4 is 5.97 Å². The van der Waals surface area contributed by atoms with E-state index in [0.29, 0.717) is 13.1 Å². The summed E-state index contributed by atoms with van der Waals surface area (Å²) < 4.78 is 2.01. The van der Waals surface area contributed by atoms with Crippen LogP contribution in [0.1, 0.15) is 18.7 Å². The van der Waals surface area contributed by atoms with E-state index in [-0.39, 0.29) is 11.8 Å². The molecule has 0 saturated carbocycles. The lowest BCUT2D eigenvalue weighted by Crippen LogP contribution is -2.23. The summed E-state index contributed by atoms with van der Waals surface area (Å²) in [5, 5.41) is 12.2. The molecule has 2 unspecified atom stereocenters. The fourth-order valence-electron chi connectivity index (χ4n) is 2.13. The van der Waals surface area contributed by atoms with Gasteiger partial charge in [-0.3, -0.25) is 4.79 Å². The zero-order valence-electron chi connectivity index (χ0n) is 8.68. The smallest absolute Gasteiger partial charge is 0.308 e. The molecule has 2 rings (SSSR count). The van der Waals surface area contributed by atoms with Crippen LogP contribution in [-0.4, -0.2) is 33.7 Å². The first kappa shape index (κ1) is 10.2. The molecule has 1 aromatic heterocycles. The molecular formula is C10H15N3O2. The summed E-state index contributed by atoms with van der Waals surface area (Å²) in [6, 6.07) is 0. The maximum Gasteiger partial charge on any atom is 0.308 e. The Morgan fingerprint density at radius 3 is 3.20 bits per heavy atom. The van der Waals surface area contributed by atoms with E-state index in [2.05, 4.69) is 10.3 Å². The summed E-state index contributed by atoms with van der Waals surface area (Å²) >= 11 is 0. The number of carboxylic acids is 1. The van der Waals surface area contributed by atoms with Crippen molar-refractivity contribution in [1.82, 2.24) is 14.9 Å². The fraction of sp³-hybridized carbons (Fsp3) is 0.600. The topological polar surface area (TPSA) is 67.2 Å². The summed E-state index contributed by atoms with van der Waals surface area (Å²) in [4.78, 5) is 15.3. The van der Waals surface area contributed by atoms with E-state index in [9.17, 15) is 4.79 Å². The standard InChI is InChI=1S/C10H15N3O2/c1-2-13-4-3-12-9(13)7-5-11-6-8(7)10(14)15/h3-4,7-8,11H,2,5-6H2,1H3,(H,14,15). The van der Waals surface area contributed by atoms with Gasteiger partial charge in [-0.05, 0) is 6.92 Å². The van der Waals surface area contributed by atoms with E-state index in [4.69, 9.17) is 5.11 Å². The molecule has 1 aliphatic heterocycles. The van der Waals surface area contributed by atoms with Crippen LogP contribution in [0.4, 0.5) is 0 Å². The van der Waals surface area contributed by atoms with E-state index < -0.39 is 5.97 Å². The highest BCUT2D eigenvalue weighted by molar-refractivity contribution is 5.72. The monoisotopic (exact) mass is 209 g/mol. The molecule has 0 amide bonds. The molecule has 2 atom stereocenters. The van der Waals surface area contributed by atoms with Gasteiger partial charge >= 0.3 is 5.97 Å². The summed E-state index contributed by atoms with van der Waals surface area (Å²) in [6.07, 6.45) is 3.63. The highest BCUT2D eigenvalue weighted by atomic mass is 16.4. The quantitative estimate of drug-likeness (QED) is 0.751. The third kappa shape index (κ3) is 1.74. The van der Waals surface area contributed by atoms with Crippen molar-refractivity contribution in [2.45, 2.75) is 19.4 Å². The molecule has 2 N–H and O–H groups in total. The molecule has 1 aliphatic rings. The zero-order valence-corrected chi connectivity index (χ0v) is 8.68. The molecule has 1 aromatic rings. The molecule has 0 aromatic carbocycles. The summed E-state index contributed by atoms with van der Waals surface area (Å²) in [5.74, 6) is -0.208. The number of aromatic nitrogens is 2. The number of imidazole rings is 1. The lowest BCUT2D eigenvalue weighted by molar-refractivity contribution is -0.141. The summed E-state index contributed by atoms with van der Waals surface area (Å²) in [7, 11) is 0. The number of nitrogens with one attached hydrogen (secondary N) is 1. The first-order valence-electron chi connectivity index (χ1n) is 5.18. The van der Waals surface area contributed by atoms with Crippen LogP contribution in [-0.2, 0) is 11.3 Å². The molecule has 5 nitrogen and oxygen atoms in total. The number of aryl methyl sites for hydroxylation is 1. The van der Waals surface area contributed by atoms with Crippen LogP contribution in [0.2, 0.25) is 0 Å². The van der Waals surface area contributed by atoms with Crippen LogP contribution in [0.3, 0.4) is 0 Å². The second kappa shape index (κ2) is 4.02. The van der Waals surface area contributed by atoms with E-state index in [0.717, 1.165) is 12.4 Å². The lowest BCUT2D eigenvalue weighted by atomic mass is 9.95. The first-order chi connectivity index (χ1) is 7.24. The SMILES string of the molecule is CCn1ccnc1C1CNCC1C(=O)O. The van der Waals surface area contributed by atoms with Crippen LogP contribution >= 0.6 is 0 Å². The zero-order chi connectivity index (χ0) is 10.8. The Hall–Kier alpha value is -1.36. The van der Waals surface area contributed by atoms with Crippen LogP contribution in [0.5, 0.6) is 0 Å². The van der Waals surface area contributed by atoms with Gasteiger partial charge in [0, 0.05) is 37.9 Å². The van der Waals surface area contributed by atoms with Crippen LogP contribution in [0.15, 0.2) is 12.4 Å². The van der Waals surface area contributed by atoms with Crippen LogP contribution < -0.4 is 5.32 Å². The van der Waals surface area contributed by atoms with E-state index in [1.807, 2.05) is 17.7 Å². The normalized spacial score (nSPS) is 25.7. The molecule has 1 fully saturated rings. The molecule has 0 bridgehead atoms. The number of carboxylic acid groups (broad SMARTS) is 1. The van der Waals surface area contributed by atoms with Gasteiger partial charge in [0.2, 0.25) is 0 Å². The van der Waals surface area contributed by atoms with E-state index in [1.165, 1.54) is 0 Å². The minimum Gasteiger partial charge on any atom is -0.481 e. The van der Waals surface area contributed by atoms with Gasteiger partial charge in [-0.15, -0.1) is 0 Å². The molecule has 2 heterocycles. The summed E-state index contributed by atoms with van der Waals surface area (Å²) in [6.45, 7) is 4.10. The second-order valence-corrected chi connectivity index (χ2v) is 3.78. The van der Waals surface area contributed by atoms with Crippen molar-refractivity contribution in [2.75, 3.05) is 13.1 Å². The molecule has 0 spiro atoms. The van der Waals surface area contributed by atoms with Gasteiger partial charge in [0.05, 0.1) is 5.92 Å². The van der Waals surface area contributed by atoms with Gasteiger partial charge in [0.15, 0.2) is 0 Å².